The molecule has 3 aromatic carbocycles. The van der Waals surface area contributed by atoms with E-state index in [4.69, 9.17) is 25.8 Å². The molecule has 0 radical (unpaired) electrons. The van der Waals surface area contributed by atoms with Crippen LogP contribution in [-0.4, -0.2) is 30.8 Å². The van der Waals surface area contributed by atoms with Gasteiger partial charge in [-0.15, -0.1) is 0 Å². The second kappa shape index (κ2) is 11.3. The number of nitrogens with zero attached hydrogens (tertiary/aromatic N) is 1. The smallest absolute Gasteiger partial charge is 0.343 e. The fourth-order valence-electron chi connectivity index (χ4n) is 3.28. The molecule has 0 atom stereocenters. The van der Waals surface area contributed by atoms with Gasteiger partial charge in [-0.3, -0.25) is 4.79 Å². The van der Waals surface area contributed by atoms with Gasteiger partial charge in [-0.25, -0.2) is 9.79 Å². The highest BCUT2D eigenvalue weighted by Gasteiger charge is 2.25. The molecule has 9 heteroatoms. The maximum Gasteiger partial charge on any atom is 0.343 e. The average molecular weight is 523 g/mol. The zero-order valence-electron chi connectivity index (χ0n) is 19.8. The van der Waals surface area contributed by atoms with E-state index in [1.807, 2.05) is 38.1 Å². The van der Waals surface area contributed by atoms with E-state index in [1.165, 1.54) is 11.8 Å². The summed E-state index contributed by atoms with van der Waals surface area (Å²) in [6.45, 7) is 4.13. The monoisotopic (exact) mass is 522 g/mol. The third-order valence-corrected chi connectivity index (χ3v) is 6.26. The summed E-state index contributed by atoms with van der Waals surface area (Å²) in [5.74, 6) is 0.157. The Morgan fingerprint density at radius 2 is 1.83 bits per heavy atom. The minimum Gasteiger partial charge on any atom is -0.497 e. The number of carbonyl (C=O) groups is 2. The van der Waals surface area contributed by atoms with E-state index in [0.717, 1.165) is 11.3 Å². The van der Waals surface area contributed by atoms with Gasteiger partial charge in [0.15, 0.2) is 16.7 Å². The summed E-state index contributed by atoms with van der Waals surface area (Å²) in [5, 5.41) is 3.42. The first-order valence-electron chi connectivity index (χ1n) is 11.0. The molecular weight excluding hydrogens is 500 g/mol. The summed E-state index contributed by atoms with van der Waals surface area (Å²) in [6, 6.07) is 17.5. The van der Waals surface area contributed by atoms with Crippen LogP contribution in [0, 0.1) is 6.92 Å². The first-order valence-corrected chi connectivity index (χ1v) is 12.2. The fraction of sp³-hybridized carbons (Fsp3) is 0.148. The molecule has 0 saturated carbocycles. The van der Waals surface area contributed by atoms with Gasteiger partial charge in [-0.1, -0.05) is 29.3 Å². The highest BCUT2D eigenvalue weighted by Crippen LogP contribution is 2.39. The van der Waals surface area contributed by atoms with Crippen molar-refractivity contribution in [3.63, 3.8) is 0 Å². The van der Waals surface area contributed by atoms with E-state index in [0.29, 0.717) is 33.6 Å². The highest BCUT2D eigenvalue weighted by molar-refractivity contribution is 8.18. The quantitative estimate of drug-likeness (QED) is 0.227. The van der Waals surface area contributed by atoms with Crippen LogP contribution in [-0.2, 0) is 4.79 Å². The number of hydrogen-bond donors (Lipinski definition) is 1. The molecule has 1 amide bonds. The lowest BCUT2D eigenvalue weighted by atomic mass is 10.1. The molecule has 184 valence electrons. The molecule has 1 aliphatic heterocycles. The molecule has 0 spiro atoms. The highest BCUT2D eigenvalue weighted by atomic mass is 35.5. The maximum absolute atomic E-state index is 12.7. The molecule has 0 aromatic heterocycles. The number of halogens is 1. The van der Waals surface area contributed by atoms with Crippen LogP contribution in [0.15, 0.2) is 70.6 Å². The van der Waals surface area contributed by atoms with E-state index < -0.39 is 5.97 Å². The van der Waals surface area contributed by atoms with Gasteiger partial charge in [-0.2, -0.15) is 0 Å². The standard InChI is InChI=1S/C27H23ClN2O5S/c1-4-34-22-14-17(13-21(28)24(22)35-26(32)18-7-11-20(33-3)12-8-18)15-23-25(31)30-27(36-23)29-19-9-5-16(2)6-10-19/h5-15H,4H2,1-3H3,(H,29,30,31)/b23-15-. The van der Waals surface area contributed by atoms with Crippen LogP contribution in [0.5, 0.6) is 17.2 Å². The minimum atomic E-state index is -0.589. The Morgan fingerprint density at radius 3 is 2.50 bits per heavy atom. The normalized spacial score (nSPS) is 15.2. The minimum absolute atomic E-state index is 0.103. The number of esters is 1. The number of amidine groups is 1. The van der Waals surface area contributed by atoms with Crippen molar-refractivity contribution in [3.8, 4) is 17.2 Å². The van der Waals surface area contributed by atoms with Gasteiger partial charge in [0.1, 0.15) is 5.75 Å². The van der Waals surface area contributed by atoms with Crippen LogP contribution >= 0.6 is 23.4 Å². The summed E-state index contributed by atoms with van der Waals surface area (Å²) < 4.78 is 16.4. The Labute approximate surface area is 218 Å². The van der Waals surface area contributed by atoms with E-state index in [9.17, 15) is 9.59 Å². The number of hydrogen-bond acceptors (Lipinski definition) is 7. The summed E-state index contributed by atoms with van der Waals surface area (Å²) in [5.41, 5.74) is 2.82. The summed E-state index contributed by atoms with van der Waals surface area (Å²) >= 11 is 7.71. The molecule has 3 aromatic rings. The molecule has 36 heavy (non-hydrogen) atoms. The lowest BCUT2D eigenvalue weighted by Crippen LogP contribution is -2.19. The number of benzene rings is 3. The second-order valence-electron chi connectivity index (χ2n) is 7.70. The Morgan fingerprint density at radius 1 is 1.11 bits per heavy atom. The number of rotatable bonds is 7. The molecule has 4 rings (SSSR count). The number of nitrogens with one attached hydrogen (secondary N) is 1. The predicted molar refractivity (Wildman–Crippen MR) is 143 cm³/mol. The van der Waals surface area contributed by atoms with Gasteiger partial charge in [0.2, 0.25) is 0 Å². The Bertz CT molecular complexity index is 1350. The molecule has 1 fully saturated rings. The Balaban J connectivity index is 1.57. The summed E-state index contributed by atoms with van der Waals surface area (Å²) in [7, 11) is 1.55. The molecule has 1 heterocycles. The van der Waals surface area contributed by atoms with Crippen LogP contribution in [0.3, 0.4) is 0 Å². The third kappa shape index (κ3) is 6.08. The molecule has 1 aliphatic rings. The molecule has 0 bridgehead atoms. The van der Waals surface area contributed by atoms with Gasteiger partial charge in [-0.05, 0) is 85.8 Å². The van der Waals surface area contributed by atoms with Crippen molar-refractivity contribution in [1.29, 1.82) is 0 Å². The number of ether oxygens (including phenoxy) is 3. The molecule has 1 N–H and O–H groups in total. The number of methoxy groups -OCH3 is 1. The van der Waals surface area contributed by atoms with E-state index >= 15 is 0 Å². The fourth-order valence-corrected chi connectivity index (χ4v) is 4.38. The number of carbonyl (C=O) groups excluding carboxylic acids is 2. The van der Waals surface area contributed by atoms with Gasteiger partial charge < -0.3 is 19.5 Å². The molecule has 0 aliphatic carbocycles. The SMILES string of the molecule is CCOc1cc(/C=C2\SC(=Nc3ccc(C)cc3)NC2=O)cc(Cl)c1OC(=O)c1ccc(OC)cc1. The van der Waals surface area contributed by atoms with E-state index in [-0.39, 0.29) is 22.4 Å². The number of thioether (sulfide) groups is 1. The predicted octanol–water partition coefficient (Wildman–Crippen LogP) is 6.17. The molecule has 1 saturated heterocycles. The van der Waals surface area contributed by atoms with Crippen LogP contribution in [0.1, 0.15) is 28.4 Å². The van der Waals surface area contributed by atoms with Crippen molar-refractivity contribution in [2.45, 2.75) is 13.8 Å². The van der Waals surface area contributed by atoms with Gasteiger partial charge >= 0.3 is 5.97 Å². The van der Waals surface area contributed by atoms with Crippen molar-refractivity contribution >= 4 is 52.2 Å². The topological polar surface area (TPSA) is 86.2 Å². The third-order valence-electron chi connectivity index (χ3n) is 5.07. The average Bonchev–Trinajstić information content (AvgIpc) is 3.21. The lowest BCUT2D eigenvalue weighted by molar-refractivity contribution is -0.115. The van der Waals surface area contributed by atoms with Gasteiger partial charge in [0.25, 0.3) is 5.91 Å². The second-order valence-corrected chi connectivity index (χ2v) is 9.14. The maximum atomic E-state index is 12.7. The first-order chi connectivity index (χ1) is 17.4. The van der Waals surface area contributed by atoms with Crippen LogP contribution in [0.25, 0.3) is 6.08 Å². The van der Waals surface area contributed by atoms with E-state index in [2.05, 4.69) is 10.3 Å². The number of aryl methyl sites for hydroxylation is 1. The molecular formula is C27H23ClN2O5S. The van der Waals surface area contributed by atoms with Gasteiger partial charge in [0, 0.05) is 0 Å². The molecule has 7 nitrogen and oxygen atoms in total. The van der Waals surface area contributed by atoms with Crippen molar-refractivity contribution in [1.82, 2.24) is 5.32 Å². The lowest BCUT2D eigenvalue weighted by Gasteiger charge is -2.13. The number of aliphatic imine (C=N–C) groups is 1. The molecule has 0 unspecified atom stereocenters. The van der Waals surface area contributed by atoms with Crippen molar-refractivity contribution in [2.24, 2.45) is 4.99 Å². The van der Waals surface area contributed by atoms with Gasteiger partial charge in [0.05, 0.1) is 34.9 Å². The van der Waals surface area contributed by atoms with Crippen LogP contribution in [0.2, 0.25) is 5.02 Å². The van der Waals surface area contributed by atoms with Crippen LogP contribution in [0.4, 0.5) is 5.69 Å². The number of amides is 1. The van der Waals surface area contributed by atoms with Crippen molar-refractivity contribution in [3.05, 3.63) is 87.3 Å². The van der Waals surface area contributed by atoms with Crippen molar-refractivity contribution in [2.75, 3.05) is 13.7 Å². The Hall–Kier alpha value is -3.75. The van der Waals surface area contributed by atoms with E-state index in [1.54, 1.807) is 49.6 Å². The van der Waals surface area contributed by atoms with Crippen molar-refractivity contribution < 1.29 is 23.8 Å². The zero-order chi connectivity index (χ0) is 25.7. The zero-order valence-corrected chi connectivity index (χ0v) is 21.4. The first kappa shape index (κ1) is 25.3. The van der Waals surface area contributed by atoms with Crippen LogP contribution < -0.4 is 19.5 Å². The summed E-state index contributed by atoms with van der Waals surface area (Å²) in [6.07, 6.45) is 1.68. The Kier molecular flexibility index (Phi) is 7.97. The summed E-state index contributed by atoms with van der Waals surface area (Å²) in [4.78, 5) is 30.1. The largest absolute Gasteiger partial charge is 0.497 e.